The number of esters is 1. The topological polar surface area (TPSA) is 47.0 Å². The summed E-state index contributed by atoms with van der Waals surface area (Å²) in [7, 11) is 1.36. The van der Waals surface area contributed by atoms with Crippen LogP contribution < -0.4 is 0 Å². The highest BCUT2D eigenvalue weighted by Gasteiger charge is 2.18. The van der Waals surface area contributed by atoms with Gasteiger partial charge in [-0.3, -0.25) is 0 Å². The second kappa shape index (κ2) is 5.18. The van der Waals surface area contributed by atoms with Crippen molar-refractivity contribution in [2.75, 3.05) is 7.11 Å². The molecule has 94 valence electrons. The molecular formula is C13H14N2O2S. The standard InChI is InChI=1S/C13H14N2O2S/c1-9(10-6-4-3-5-7-10)15-11(12(16)17-2)8-14-13(15)18/h3-9H,1-2H3,(H,14,18)/t9-/m1/s1. The molecule has 1 N–H and O–H groups in total. The van der Waals surface area contributed by atoms with Crippen molar-refractivity contribution in [3.63, 3.8) is 0 Å². The Morgan fingerprint density at radius 3 is 2.67 bits per heavy atom. The lowest BCUT2D eigenvalue weighted by Crippen LogP contribution is -2.15. The Balaban J connectivity index is 2.48. The summed E-state index contributed by atoms with van der Waals surface area (Å²) in [6, 6.07) is 9.84. The van der Waals surface area contributed by atoms with E-state index < -0.39 is 5.97 Å². The number of hydrogen-bond acceptors (Lipinski definition) is 3. The third-order valence-corrected chi connectivity index (χ3v) is 3.19. The predicted octanol–water partition coefficient (Wildman–Crippen LogP) is 2.94. The molecule has 1 heterocycles. The first-order valence-electron chi connectivity index (χ1n) is 5.58. The van der Waals surface area contributed by atoms with Gasteiger partial charge in [0.1, 0.15) is 5.69 Å². The highest BCUT2D eigenvalue weighted by atomic mass is 32.1. The molecule has 0 radical (unpaired) electrons. The van der Waals surface area contributed by atoms with Crippen molar-refractivity contribution < 1.29 is 9.53 Å². The van der Waals surface area contributed by atoms with Crippen molar-refractivity contribution in [1.82, 2.24) is 9.55 Å². The fourth-order valence-electron chi connectivity index (χ4n) is 1.91. The van der Waals surface area contributed by atoms with E-state index >= 15 is 0 Å². The predicted molar refractivity (Wildman–Crippen MR) is 71.2 cm³/mol. The molecule has 1 atom stereocenters. The van der Waals surface area contributed by atoms with Crippen LogP contribution in [0.4, 0.5) is 0 Å². The minimum absolute atomic E-state index is 0.0287. The molecule has 2 aromatic rings. The molecule has 1 aromatic carbocycles. The maximum Gasteiger partial charge on any atom is 0.356 e. The zero-order valence-electron chi connectivity index (χ0n) is 10.2. The molecule has 0 bridgehead atoms. The smallest absolute Gasteiger partial charge is 0.356 e. The number of aromatic nitrogens is 2. The van der Waals surface area contributed by atoms with E-state index in [1.54, 1.807) is 10.8 Å². The molecule has 0 aliphatic heterocycles. The van der Waals surface area contributed by atoms with Crippen LogP contribution in [0.2, 0.25) is 0 Å². The Hall–Kier alpha value is -1.88. The number of aromatic amines is 1. The minimum atomic E-state index is -0.398. The number of hydrogen-bond donors (Lipinski definition) is 1. The summed E-state index contributed by atoms with van der Waals surface area (Å²) >= 11 is 5.22. The number of nitrogens with zero attached hydrogens (tertiary/aromatic N) is 1. The number of imidazole rings is 1. The molecule has 0 saturated carbocycles. The number of nitrogens with one attached hydrogen (secondary N) is 1. The average molecular weight is 262 g/mol. The van der Waals surface area contributed by atoms with E-state index in [0.717, 1.165) is 5.56 Å². The summed E-state index contributed by atoms with van der Waals surface area (Å²) in [6.45, 7) is 1.99. The molecule has 0 saturated heterocycles. The van der Waals surface area contributed by atoms with E-state index in [0.29, 0.717) is 10.5 Å². The molecule has 0 amide bonds. The zero-order valence-corrected chi connectivity index (χ0v) is 11.0. The maximum absolute atomic E-state index is 11.7. The fraction of sp³-hybridized carbons (Fsp3) is 0.231. The van der Waals surface area contributed by atoms with Gasteiger partial charge in [-0.05, 0) is 24.7 Å². The van der Waals surface area contributed by atoms with Crippen LogP contribution in [0.3, 0.4) is 0 Å². The first-order chi connectivity index (χ1) is 8.65. The van der Waals surface area contributed by atoms with E-state index in [2.05, 4.69) is 4.98 Å². The number of ether oxygens (including phenoxy) is 1. The summed E-state index contributed by atoms with van der Waals surface area (Å²) < 4.78 is 7.02. The molecule has 0 aliphatic rings. The molecule has 1 aromatic heterocycles. The van der Waals surface area contributed by atoms with Gasteiger partial charge in [0.25, 0.3) is 0 Å². The molecule has 5 heteroatoms. The van der Waals surface area contributed by atoms with Gasteiger partial charge in [0.2, 0.25) is 0 Å². The number of H-pyrrole nitrogens is 1. The maximum atomic E-state index is 11.7. The Morgan fingerprint density at radius 1 is 1.39 bits per heavy atom. The van der Waals surface area contributed by atoms with Gasteiger partial charge in [-0.2, -0.15) is 0 Å². The summed E-state index contributed by atoms with van der Waals surface area (Å²) in [5, 5.41) is 0. The highest BCUT2D eigenvalue weighted by molar-refractivity contribution is 7.71. The summed E-state index contributed by atoms with van der Waals surface area (Å²) in [5.41, 5.74) is 1.51. The van der Waals surface area contributed by atoms with Crippen LogP contribution in [0, 0.1) is 4.77 Å². The SMILES string of the molecule is COC(=O)c1c[nH]c(=S)n1[C@H](C)c1ccccc1. The first-order valence-corrected chi connectivity index (χ1v) is 5.99. The number of rotatable bonds is 3. The van der Waals surface area contributed by atoms with E-state index in [-0.39, 0.29) is 6.04 Å². The van der Waals surface area contributed by atoms with Gasteiger partial charge in [-0.1, -0.05) is 30.3 Å². The summed E-state index contributed by atoms with van der Waals surface area (Å²) in [4.78, 5) is 14.6. The molecule has 0 spiro atoms. The Bertz CT molecular complexity index is 601. The van der Waals surface area contributed by atoms with Crippen LogP contribution in [0.15, 0.2) is 36.5 Å². The van der Waals surface area contributed by atoms with Crippen LogP contribution in [0.25, 0.3) is 0 Å². The van der Waals surface area contributed by atoms with Crippen molar-refractivity contribution in [3.8, 4) is 0 Å². The Kier molecular flexibility index (Phi) is 3.62. The van der Waals surface area contributed by atoms with Crippen LogP contribution >= 0.6 is 12.2 Å². The number of methoxy groups -OCH3 is 1. The van der Waals surface area contributed by atoms with Crippen molar-refractivity contribution in [3.05, 3.63) is 52.6 Å². The van der Waals surface area contributed by atoms with Crippen LogP contribution in [-0.4, -0.2) is 22.6 Å². The lowest BCUT2D eigenvalue weighted by Gasteiger charge is -2.16. The second-order valence-electron chi connectivity index (χ2n) is 3.93. The van der Waals surface area contributed by atoms with Gasteiger partial charge in [-0.25, -0.2) is 4.79 Å². The van der Waals surface area contributed by atoms with E-state index in [1.807, 2.05) is 37.3 Å². The monoisotopic (exact) mass is 262 g/mol. The first kappa shape index (κ1) is 12.6. The van der Waals surface area contributed by atoms with Gasteiger partial charge in [-0.15, -0.1) is 0 Å². The third-order valence-electron chi connectivity index (χ3n) is 2.87. The summed E-state index contributed by atoms with van der Waals surface area (Å²) in [5.74, 6) is -0.398. The van der Waals surface area contributed by atoms with Gasteiger partial charge in [0.05, 0.1) is 13.2 Å². The lowest BCUT2D eigenvalue weighted by atomic mass is 10.1. The fourth-order valence-corrected chi connectivity index (χ4v) is 2.22. The number of carbonyl (C=O) groups excluding carboxylic acids is 1. The van der Waals surface area contributed by atoms with Crippen molar-refractivity contribution in [2.45, 2.75) is 13.0 Å². The second-order valence-corrected chi connectivity index (χ2v) is 4.31. The van der Waals surface area contributed by atoms with Crippen LogP contribution in [-0.2, 0) is 4.74 Å². The van der Waals surface area contributed by atoms with Gasteiger partial charge in [0, 0.05) is 6.20 Å². The number of carbonyl (C=O) groups is 1. The van der Waals surface area contributed by atoms with E-state index in [9.17, 15) is 4.79 Å². The largest absolute Gasteiger partial charge is 0.464 e. The highest BCUT2D eigenvalue weighted by Crippen LogP contribution is 2.20. The zero-order chi connectivity index (χ0) is 13.1. The lowest BCUT2D eigenvalue weighted by molar-refractivity contribution is 0.0587. The van der Waals surface area contributed by atoms with Crippen molar-refractivity contribution in [1.29, 1.82) is 0 Å². The van der Waals surface area contributed by atoms with E-state index in [1.165, 1.54) is 7.11 Å². The van der Waals surface area contributed by atoms with Crippen molar-refractivity contribution in [2.24, 2.45) is 0 Å². The molecule has 4 nitrogen and oxygen atoms in total. The minimum Gasteiger partial charge on any atom is -0.464 e. The molecule has 0 fully saturated rings. The molecule has 0 unspecified atom stereocenters. The van der Waals surface area contributed by atoms with Gasteiger partial charge >= 0.3 is 5.97 Å². The molecular weight excluding hydrogens is 248 g/mol. The van der Waals surface area contributed by atoms with Crippen LogP contribution in [0.1, 0.15) is 29.0 Å². The van der Waals surface area contributed by atoms with Gasteiger partial charge < -0.3 is 14.3 Å². The van der Waals surface area contributed by atoms with Crippen LogP contribution in [0.5, 0.6) is 0 Å². The third kappa shape index (κ3) is 2.22. The Labute approximate surface area is 110 Å². The van der Waals surface area contributed by atoms with E-state index in [4.69, 9.17) is 17.0 Å². The van der Waals surface area contributed by atoms with Crippen molar-refractivity contribution >= 4 is 18.2 Å². The van der Waals surface area contributed by atoms with Gasteiger partial charge in [0.15, 0.2) is 4.77 Å². The molecule has 0 aliphatic carbocycles. The normalized spacial score (nSPS) is 12.1. The molecule has 2 rings (SSSR count). The number of benzene rings is 1. The molecule has 18 heavy (non-hydrogen) atoms. The summed E-state index contributed by atoms with van der Waals surface area (Å²) in [6.07, 6.45) is 1.58. The quantitative estimate of drug-likeness (QED) is 0.683. The Morgan fingerprint density at radius 2 is 2.06 bits per heavy atom. The average Bonchev–Trinajstić information content (AvgIpc) is 2.80.